The Morgan fingerprint density at radius 2 is 1.81 bits per heavy atom. The lowest BCUT2D eigenvalue weighted by molar-refractivity contribution is -0.166. The quantitative estimate of drug-likeness (QED) is 0.294. The van der Waals surface area contributed by atoms with Gasteiger partial charge < -0.3 is 4.74 Å². The van der Waals surface area contributed by atoms with Gasteiger partial charge in [-0.15, -0.1) is 0 Å². The molecule has 8 atom stereocenters. The molecule has 0 unspecified atom stereocenters. The van der Waals surface area contributed by atoms with Crippen molar-refractivity contribution in [1.29, 1.82) is 0 Å². The number of carbonyl (C=O) groups excluding carboxylic acids is 2. The van der Waals surface area contributed by atoms with Gasteiger partial charge in [0, 0.05) is 18.8 Å². The average Bonchev–Trinajstić information content (AvgIpc) is 2.84. The van der Waals surface area contributed by atoms with Crippen molar-refractivity contribution in [3.63, 3.8) is 0 Å². The normalized spacial score (nSPS) is 53.4. The maximum atomic E-state index is 12.6. The number of alkyl halides is 1. The molecule has 4 fully saturated rings. The van der Waals surface area contributed by atoms with Gasteiger partial charge in [-0.3, -0.25) is 9.59 Å². The van der Waals surface area contributed by atoms with Crippen LogP contribution in [0.5, 0.6) is 0 Å². The van der Waals surface area contributed by atoms with Gasteiger partial charge in [0.2, 0.25) is 0 Å². The van der Waals surface area contributed by atoms with Crippen molar-refractivity contribution < 1.29 is 14.3 Å². The maximum Gasteiger partial charge on any atom is 0.302 e. The van der Waals surface area contributed by atoms with Gasteiger partial charge in [-0.2, -0.15) is 0 Å². The van der Waals surface area contributed by atoms with Crippen molar-refractivity contribution in [2.75, 3.05) is 0 Å². The molecule has 0 spiro atoms. The van der Waals surface area contributed by atoms with Gasteiger partial charge >= 0.3 is 5.97 Å². The molecule has 0 aromatic rings. The van der Waals surface area contributed by atoms with Crippen LogP contribution in [0.2, 0.25) is 0 Å². The molecule has 4 heteroatoms. The number of hydrogen-bond acceptors (Lipinski definition) is 3. The monoisotopic (exact) mass is 472 g/mol. The first kappa shape index (κ1) is 19.2. The molecule has 3 nitrogen and oxygen atoms in total. The van der Waals surface area contributed by atoms with Gasteiger partial charge in [0.15, 0.2) is 0 Å². The van der Waals surface area contributed by atoms with E-state index in [1.165, 1.54) is 19.3 Å². The molecule has 4 saturated carbocycles. The number of fused-ring (bicyclic) bond motifs is 5. The molecule has 0 bridgehead atoms. The molecular weight excluding hydrogens is 439 g/mol. The van der Waals surface area contributed by atoms with Crippen LogP contribution in [0.15, 0.2) is 0 Å². The van der Waals surface area contributed by atoms with E-state index in [2.05, 4.69) is 43.4 Å². The number of ether oxygens (including phenoxy) is 1. The number of Topliss-reactive ketones (excluding diaryl/α,β-unsaturated/α-hetero) is 1. The van der Waals surface area contributed by atoms with E-state index < -0.39 is 0 Å². The number of halogens is 1. The molecule has 4 aliphatic carbocycles. The minimum atomic E-state index is -0.148. The third-order valence-corrected chi connectivity index (χ3v) is 10.2. The Kier molecular flexibility index (Phi) is 4.57. The van der Waals surface area contributed by atoms with Crippen LogP contribution in [0.25, 0.3) is 0 Å². The van der Waals surface area contributed by atoms with Crippen LogP contribution in [0.3, 0.4) is 0 Å². The van der Waals surface area contributed by atoms with Crippen LogP contribution < -0.4 is 0 Å². The van der Waals surface area contributed by atoms with Crippen LogP contribution in [-0.2, 0) is 14.3 Å². The van der Waals surface area contributed by atoms with Crippen LogP contribution >= 0.6 is 22.6 Å². The van der Waals surface area contributed by atoms with Gasteiger partial charge in [-0.25, -0.2) is 0 Å². The minimum absolute atomic E-state index is 0.0131. The number of carbonyl (C=O) groups is 2. The van der Waals surface area contributed by atoms with E-state index in [0.29, 0.717) is 23.5 Å². The van der Waals surface area contributed by atoms with Crippen LogP contribution in [0.4, 0.5) is 0 Å². The molecule has 0 heterocycles. The molecule has 4 rings (SSSR count). The topological polar surface area (TPSA) is 43.4 Å². The Hall–Kier alpha value is -0.130. The zero-order chi connectivity index (χ0) is 18.9. The van der Waals surface area contributed by atoms with Crippen molar-refractivity contribution in [1.82, 2.24) is 0 Å². The predicted molar refractivity (Wildman–Crippen MR) is 110 cm³/mol. The van der Waals surface area contributed by atoms with Gasteiger partial charge in [-0.05, 0) is 81.0 Å². The van der Waals surface area contributed by atoms with Crippen LogP contribution in [-0.4, -0.2) is 21.3 Å². The van der Waals surface area contributed by atoms with E-state index in [4.69, 9.17) is 4.74 Å². The van der Waals surface area contributed by atoms with Crippen molar-refractivity contribution in [2.24, 2.45) is 34.5 Å². The highest BCUT2D eigenvalue weighted by molar-refractivity contribution is 14.1. The van der Waals surface area contributed by atoms with Gasteiger partial charge in [0.05, 0.1) is 3.42 Å². The average molecular weight is 472 g/mol. The smallest absolute Gasteiger partial charge is 0.302 e. The fourth-order valence-electron chi connectivity index (χ4n) is 7.55. The third kappa shape index (κ3) is 2.71. The molecule has 0 N–H and O–H groups in total. The molecule has 0 saturated heterocycles. The first-order chi connectivity index (χ1) is 12.1. The lowest BCUT2D eigenvalue weighted by atomic mass is 9.44. The summed E-state index contributed by atoms with van der Waals surface area (Å²) < 4.78 is 5.86. The van der Waals surface area contributed by atoms with Crippen molar-refractivity contribution in [3.8, 4) is 0 Å². The molecular formula is C22H33IO3. The Balaban J connectivity index is 1.63. The standard InChI is InChI=1S/C22H33IO3/c1-13(24)26-19-12-21(3)14(11-22(19,4)23)5-6-15-16-7-8-18(25)20(16,2)10-9-17(15)21/h14-17,19H,5-12H2,1-4H3/t14-,15-,16-,17-,19-,20-,21-,22-/m0/s1. The Labute approximate surface area is 171 Å². The Morgan fingerprint density at radius 1 is 1.08 bits per heavy atom. The zero-order valence-electron chi connectivity index (χ0n) is 16.6. The van der Waals surface area contributed by atoms with Gasteiger partial charge in [-0.1, -0.05) is 36.4 Å². The summed E-state index contributed by atoms with van der Waals surface area (Å²) in [5.74, 6) is 3.07. The summed E-state index contributed by atoms with van der Waals surface area (Å²) in [7, 11) is 0. The summed E-state index contributed by atoms with van der Waals surface area (Å²) in [6, 6.07) is 0. The summed E-state index contributed by atoms with van der Waals surface area (Å²) in [6.45, 7) is 8.54. The summed E-state index contributed by atoms with van der Waals surface area (Å²) >= 11 is 2.54. The van der Waals surface area contributed by atoms with Crippen LogP contribution in [0, 0.1) is 34.5 Å². The summed E-state index contributed by atoms with van der Waals surface area (Å²) in [5, 5.41) is 0. The second kappa shape index (κ2) is 6.18. The summed E-state index contributed by atoms with van der Waals surface area (Å²) in [4.78, 5) is 24.3. The Bertz CT molecular complexity index is 629. The molecule has 0 aromatic heterocycles. The maximum absolute atomic E-state index is 12.6. The highest BCUT2D eigenvalue weighted by atomic mass is 127. The predicted octanol–water partition coefficient (Wildman–Crippen LogP) is 5.33. The first-order valence-corrected chi connectivity index (χ1v) is 11.6. The molecule has 0 amide bonds. The van der Waals surface area contributed by atoms with Crippen molar-refractivity contribution in [2.45, 2.75) is 88.6 Å². The van der Waals surface area contributed by atoms with Gasteiger partial charge in [0.25, 0.3) is 0 Å². The second-order valence-corrected chi connectivity index (χ2v) is 12.8. The molecule has 26 heavy (non-hydrogen) atoms. The first-order valence-electron chi connectivity index (χ1n) is 10.5. The number of esters is 1. The van der Waals surface area contributed by atoms with E-state index >= 15 is 0 Å². The highest BCUT2D eigenvalue weighted by Gasteiger charge is 2.62. The van der Waals surface area contributed by atoms with E-state index in [-0.39, 0.29) is 26.3 Å². The molecule has 4 aliphatic rings. The van der Waals surface area contributed by atoms with Crippen LogP contribution in [0.1, 0.15) is 79.1 Å². The molecule has 0 radical (unpaired) electrons. The SMILES string of the molecule is CC(=O)O[C@H]1C[C@@]2(C)[C@@H](CC[C@@H]3[C@@H]2CC[C@]2(C)C(=O)CC[C@@H]32)C[C@]1(C)I. The molecule has 0 aromatic carbocycles. The van der Waals surface area contributed by atoms with E-state index in [1.807, 2.05) is 0 Å². The molecule has 0 aliphatic heterocycles. The number of rotatable bonds is 1. The lowest BCUT2D eigenvalue weighted by Crippen LogP contribution is -2.58. The number of ketones is 1. The van der Waals surface area contributed by atoms with E-state index in [0.717, 1.165) is 38.0 Å². The largest absolute Gasteiger partial charge is 0.461 e. The minimum Gasteiger partial charge on any atom is -0.461 e. The third-order valence-electron chi connectivity index (χ3n) is 9.02. The summed E-state index contributed by atoms with van der Waals surface area (Å²) in [6.07, 6.45) is 8.88. The van der Waals surface area contributed by atoms with Crippen molar-refractivity contribution >= 4 is 34.3 Å². The molecule has 146 valence electrons. The second-order valence-electron chi connectivity index (χ2n) is 10.4. The fourth-order valence-corrected chi connectivity index (χ4v) is 8.43. The number of hydrogen-bond donors (Lipinski definition) is 0. The van der Waals surface area contributed by atoms with Gasteiger partial charge in [0.1, 0.15) is 11.9 Å². The van der Waals surface area contributed by atoms with E-state index in [1.54, 1.807) is 6.92 Å². The Morgan fingerprint density at radius 3 is 2.50 bits per heavy atom. The zero-order valence-corrected chi connectivity index (χ0v) is 18.8. The van der Waals surface area contributed by atoms with Crippen molar-refractivity contribution in [3.05, 3.63) is 0 Å². The van der Waals surface area contributed by atoms with E-state index in [9.17, 15) is 9.59 Å². The fraction of sp³-hybridized carbons (Fsp3) is 0.909. The highest BCUT2D eigenvalue weighted by Crippen LogP contribution is 2.67. The summed E-state index contributed by atoms with van der Waals surface area (Å²) in [5.41, 5.74) is 0.201. The lowest BCUT2D eigenvalue weighted by Gasteiger charge is -2.62.